The Morgan fingerprint density at radius 1 is 1.50 bits per heavy atom. The molecule has 0 amide bonds. The molecule has 1 atom stereocenters. The van der Waals surface area contributed by atoms with Gasteiger partial charge < -0.3 is 4.74 Å². The van der Waals surface area contributed by atoms with Crippen LogP contribution >= 0.6 is 15.9 Å². The SMILES string of the molecule is C[C@H]1C=C(C/C=C\CC#CC#CBr)C(=O)O1. The first-order valence-corrected chi connectivity index (χ1v) is 5.68. The van der Waals surface area contributed by atoms with Gasteiger partial charge in [-0.15, -0.1) is 0 Å². The normalized spacial score (nSPS) is 18.2. The zero-order valence-corrected chi connectivity index (χ0v) is 10.5. The molecule has 1 aliphatic heterocycles. The average Bonchev–Trinajstić information content (AvgIpc) is 2.56. The molecule has 0 saturated heterocycles. The highest BCUT2D eigenvalue weighted by molar-refractivity contribution is 9.12. The Labute approximate surface area is 104 Å². The fraction of sp³-hybridized carbons (Fsp3) is 0.308. The number of ether oxygens (including phenoxy) is 1. The molecule has 2 nitrogen and oxygen atoms in total. The highest BCUT2D eigenvalue weighted by Crippen LogP contribution is 2.16. The Morgan fingerprint density at radius 3 is 2.94 bits per heavy atom. The third-order valence-electron chi connectivity index (χ3n) is 1.91. The lowest BCUT2D eigenvalue weighted by Gasteiger charge is -1.97. The smallest absolute Gasteiger partial charge is 0.334 e. The van der Waals surface area contributed by atoms with E-state index < -0.39 is 0 Å². The lowest BCUT2D eigenvalue weighted by atomic mass is 10.1. The fourth-order valence-corrected chi connectivity index (χ4v) is 1.35. The largest absolute Gasteiger partial charge is 0.455 e. The summed E-state index contributed by atoms with van der Waals surface area (Å²) >= 11 is 2.95. The van der Waals surface area contributed by atoms with Gasteiger partial charge in [-0.25, -0.2) is 4.79 Å². The van der Waals surface area contributed by atoms with Crippen molar-refractivity contribution in [3.8, 4) is 22.6 Å². The standard InChI is InChI=1S/C13H11BrO2/c1-11-10-12(13(15)16-11)8-6-4-2-3-5-7-9-14/h4,6,10-11H,2,8H2,1H3/b6-4-/t11-/m0/s1. The number of allylic oxidation sites excluding steroid dienone is 2. The molecule has 1 aliphatic rings. The number of halogens is 1. The number of cyclic esters (lactones) is 1. The van der Waals surface area contributed by atoms with Crippen LogP contribution in [0.25, 0.3) is 0 Å². The summed E-state index contributed by atoms with van der Waals surface area (Å²) in [6.45, 7) is 1.85. The first-order valence-electron chi connectivity index (χ1n) is 4.89. The van der Waals surface area contributed by atoms with Crippen molar-refractivity contribution in [1.29, 1.82) is 0 Å². The van der Waals surface area contributed by atoms with E-state index in [-0.39, 0.29) is 12.1 Å². The second kappa shape index (κ2) is 6.93. The second-order valence-corrected chi connectivity index (χ2v) is 3.60. The molecule has 0 aromatic rings. The van der Waals surface area contributed by atoms with Crippen LogP contribution in [0.1, 0.15) is 19.8 Å². The highest BCUT2D eigenvalue weighted by Gasteiger charge is 2.20. The van der Waals surface area contributed by atoms with Gasteiger partial charge in [-0.2, -0.15) is 0 Å². The van der Waals surface area contributed by atoms with Gasteiger partial charge in [0.1, 0.15) is 6.10 Å². The van der Waals surface area contributed by atoms with Crippen LogP contribution < -0.4 is 0 Å². The van der Waals surface area contributed by atoms with E-state index in [1.165, 1.54) is 0 Å². The summed E-state index contributed by atoms with van der Waals surface area (Å²) in [5, 5.41) is 0. The number of rotatable bonds is 3. The summed E-state index contributed by atoms with van der Waals surface area (Å²) in [5.41, 5.74) is 0.719. The first kappa shape index (κ1) is 12.6. The summed E-state index contributed by atoms with van der Waals surface area (Å²) < 4.78 is 4.97. The zero-order chi connectivity index (χ0) is 11.8. The van der Waals surface area contributed by atoms with Gasteiger partial charge in [0.25, 0.3) is 0 Å². The molecule has 0 bridgehead atoms. The Morgan fingerprint density at radius 2 is 2.31 bits per heavy atom. The van der Waals surface area contributed by atoms with E-state index in [2.05, 4.69) is 38.5 Å². The Hall–Kier alpha value is -1.45. The van der Waals surface area contributed by atoms with E-state index in [4.69, 9.17) is 4.74 Å². The first-order chi connectivity index (χ1) is 7.74. The van der Waals surface area contributed by atoms with Gasteiger partial charge in [-0.3, -0.25) is 0 Å². The molecule has 0 aromatic heterocycles. The zero-order valence-electron chi connectivity index (χ0n) is 8.92. The summed E-state index contributed by atoms with van der Waals surface area (Å²) in [6.07, 6.45) is 6.83. The summed E-state index contributed by atoms with van der Waals surface area (Å²) in [5.74, 6) is 7.88. The quantitative estimate of drug-likeness (QED) is 0.451. The lowest BCUT2D eigenvalue weighted by Crippen LogP contribution is -2.03. The van der Waals surface area contributed by atoms with Crippen molar-refractivity contribution in [2.24, 2.45) is 0 Å². The molecule has 0 N–H and O–H groups in total. The maximum Gasteiger partial charge on any atom is 0.334 e. The van der Waals surface area contributed by atoms with Crippen molar-refractivity contribution in [2.75, 3.05) is 0 Å². The van der Waals surface area contributed by atoms with Gasteiger partial charge in [0.15, 0.2) is 0 Å². The van der Waals surface area contributed by atoms with Crippen LogP contribution in [-0.2, 0) is 9.53 Å². The molecule has 0 fully saturated rings. The van der Waals surface area contributed by atoms with Crippen LogP contribution in [0.2, 0.25) is 0 Å². The van der Waals surface area contributed by atoms with Crippen LogP contribution in [0.4, 0.5) is 0 Å². The van der Waals surface area contributed by atoms with E-state index >= 15 is 0 Å². The molecule has 1 heterocycles. The summed E-state index contributed by atoms with van der Waals surface area (Å²) in [4.78, 5) is 13.7. The summed E-state index contributed by atoms with van der Waals surface area (Å²) in [7, 11) is 0. The van der Waals surface area contributed by atoms with Gasteiger partial charge >= 0.3 is 5.97 Å². The minimum atomic E-state index is -0.214. The fourth-order valence-electron chi connectivity index (χ4n) is 1.25. The van der Waals surface area contributed by atoms with Gasteiger partial charge in [0, 0.05) is 27.9 Å². The van der Waals surface area contributed by atoms with Gasteiger partial charge in [-0.05, 0) is 36.1 Å². The van der Waals surface area contributed by atoms with E-state index in [9.17, 15) is 4.79 Å². The molecular weight excluding hydrogens is 268 g/mol. The van der Waals surface area contributed by atoms with Gasteiger partial charge in [0.2, 0.25) is 0 Å². The lowest BCUT2D eigenvalue weighted by molar-refractivity contribution is -0.139. The van der Waals surface area contributed by atoms with Crippen LogP contribution in [0, 0.1) is 22.6 Å². The van der Waals surface area contributed by atoms with Crippen LogP contribution in [0.3, 0.4) is 0 Å². The van der Waals surface area contributed by atoms with E-state index in [1.807, 2.05) is 25.2 Å². The number of hydrogen-bond donors (Lipinski definition) is 0. The molecule has 16 heavy (non-hydrogen) atoms. The maximum absolute atomic E-state index is 11.2. The van der Waals surface area contributed by atoms with Crippen molar-refractivity contribution in [2.45, 2.75) is 25.9 Å². The summed E-state index contributed by atoms with van der Waals surface area (Å²) in [6, 6.07) is 0. The van der Waals surface area contributed by atoms with E-state index in [0.717, 1.165) is 5.57 Å². The molecule has 0 aromatic carbocycles. The van der Waals surface area contributed by atoms with Crippen LogP contribution in [0.15, 0.2) is 23.8 Å². The molecule has 0 aliphatic carbocycles. The topological polar surface area (TPSA) is 26.3 Å². The third-order valence-corrected chi connectivity index (χ3v) is 2.11. The number of esters is 1. The second-order valence-electron chi connectivity index (χ2n) is 3.20. The number of hydrogen-bond acceptors (Lipinski definition) is 2. The highest BCUT2D eigenvalue weighted by atomic mass is 79.9. The van der Waals surface area contributed by atoms with E-state index in [0.29, 0.717) is 12.8 Å². The molecule has 3 heteroatoms. The molecule has 1 rings (SSSR count). The molecule has 0 radical (unpaired) electrons. The maximum atomic E-state index is 11.2. The molecule has 82 valence electrons. The number of carbonyl (C=O) groups is 1. The predicted molar refractivity (Wildman–Crippen MR) is 66.5 cm³/mol. The molecular formula is C13H11BrO2. The third kappa shape index (κ3) is 4.38. The molecule has 0 saturated carbocycles. The molecule has 0 unspecified atom stereocenters. The van der Waals surface area contributed by atoms with Crippen LogP contribution in [-0.4, -0.2) is 12.1 Å². The minimum absolute atomic E-state index is 0.0927. The Kier molecular flexibility index (Phi) is 5.46. The van der Waals surface area contributed by atoms with Crippen molar-refractivity contribution < 1.29 is 9.53 Å². The average molecular weight is 279 g/mol. The Bertz CT molecular complexity index is 438. The van der Waals surface area contributed by atoms with Gasteiger partial charge in [-0.1, -0.05) is 18.1 Å². The van der Waals surface area contributed by atoms with Crippen LogP contribution in [0.5, 0.6) is 0 Å². The molecule has 0 spiro atoms. The minimum Gasteiger partial charge on any atom is -0.455 e. The van der Waals surface area contributed by atoms with Crippen molar-refractivity contribution in [1.82, 2.24) is 0 Å². The monoisotopic (exact) mass is 278 g/mol. The van der Waals surface area contributed by atoms with Crippen molar-refractivity contribution in [3.05, 3.63) is 23.8 Å². The number of carbonyl (C=O) groups excluding carboxylic acids is 1. The van der Waals surface area contributed by atoms with Crippen molar-refractivity contribution >= 4 is 21.9 Å². The van der Waals surface area contributed by atoms with E-state index in [1.54, 1.807) is 0 Å². The van der Waals surface area contributed by atoms with Crippen molar-refractivity contribution in [3.63, 3.8) is 0 Å². The Balaban J connectivity index is 2.32. The predicted octanol–water partition coefficient (Wildman–Crippen LogP) is 2.55. The van der Waals surface area contributed by atoms with Gasteiger partial charge in [0.05, 0.1) is 0 Å².